The van der Waals surface area contributed by atoms with Gasteiger partial charge < -0.3 is 4.90 Å². The van der Waals surface area contributed by atoms with E-state index in [1.807, 2.05) is 0 Å². The number of para-hydroxylation sites is 1. The number of benzene rings is 1. The molecule has 5 rings (SSSR count). The number of thioether (sulfide) groups is 2. The topological polar surface area (TPSA) is 20.3 Å². The highest BCUT2D eigenvalue weighted by Gasteiger charge is 2.55. The van der Waals surface area contributed by atoms with Crippen molar-refractivity contribution in [3.63, 3.8) is 0 Å². The summed E-state index contributed by atoms with van der Waals surface area (Å²) in [5.41, 5.74) is 2.53. The Morgan fingerprint density at radius 2 is 1.79 bits per heavy atom. The predicted molar refractivity (Wildman–Crippen MR) is 104 cm³/mol. The second kappa shape index (κ2) is 5.98. The van der Waals surface area contributed by atoms with Crippen molar-refractivity contribution < 1.29 is 4.79 Å². The van der Waals surface area contributed by atoms with Gasteiger partial charge in [0.2, 0.25) is 5.91 Å². The highest BCUT2D eigenvalue weighted by Crippen LogP contribution is 2.64. The molecule has 2 bridgehead atoms. The number of nitrogens with zero attached hydrogens (tertiary/aromatic N) is 1. The summed E-state index contributed by atoms with van der Waals surface area (Å²) in [6, 6.07) is 8.48. The van der Waals surface area contributed by atoms with Gasteiger partial charge in [-0.15, -0.1) is 23.5 Å². The second-order valence-electron chi connectivity index (χ2n) is 7.78. The number of rotatable bonds is 1. The number of fused-ring (bicyclic) bond motifs is 1. The molecule has 1 aromatic rings. The lowest BCUT2D eigenvalue weighted by Crippen LogP contribution is -2.50. The fourth-order valence-electron chi connectivity index (χ4n) is 5.60. The van der Waals surface area contributed by atoms with E-state index < -0.39 is 0 Å². The van der Waals surface area contributed by atoms with Crippen LogP contribution in [0.4, 0.5) is 5.69 Å². The van der Waals surface area contributed by atoms with Crippen LogP contribution < -0.4 is 4.90 Å². The molecule has 4 aliphatic rings. The van der Waals surface area contributed by atoms with Crippen LogP contribution in [0.5, 0.6) is 0 Å². The third-order valence-electron chi connectivity index (χ3n) is 6.62. The van der Waals surface area contributed by atoms with E-state index in [0.717, 1.165) is 37.6 Å². The van der Waals surface area contributed by atoms with E-state index in [-0.39, 0.29) is 5.92 Å². The Morgan fingerprint density at radius 3 is 2.54 bits per heavy atom. The smallest absolute Gasteiger partial charge is 0.230 e. The summed E-state index contributed by atoms with van der Waals surface area (Å²) in [4.78, 5) is 15.4. The molecule has 1 aromatic carbocycles. The van der Waals surface area contributed by atoms with Gasteiger partial charge in [0.15, 0.2) is 0 Å². The van der Waals surface area contributed by atoms with Crippen LogP contribution in [0.2, 0.25) is 0 Å². The van der Waals surface area contributed by atoms with Crippen LogP contribution >= 0.6 is 23.5 Å². The number of hydrogen-bond donors (Lipinski definition) is 0. The lowest BCUT2D eigenvalue weighted by atomic mass is 9.66. The van der Waals surface area contributed by atoms with Gasteiger partial charge in [0.1, 0.15) is 0 Å². The minimum absolute atomic E-state index is 0.263. The van der Waals surface area contributed by atoms with E-state index in [1.54, 1.807) is 0 Å². The molecule has 0 radical (unpaired) electrons. The number of carbonyl (C=O) groups excluding carboxylic acids is 1. The molecule has 2 nitrogen and oxygen atoms in total. The molecular formula is C20H25NOS2. The molecule has 2 heterocycles. The van der Waals surface area contributed by atoms with E-state index in [9.17, 15) is 4.79 Å². The first kappa shape index (κ1) is 15.6. The molecule has 1 amide bonds. The van der Waals surface area contributed by atoms with Crippen molar-refractivity contribution in [2.75, 3.05) is 23.0 Å². The largest absolute Gasteiger partial charge is 0.312 e. The second-order valence-corrected chi connectivity index (χ2v) is 10.8. The van der Waals surface area contributed by atoms with E-state index >= 15 is 0 Å². The quantitative estimate of drug-likeness (QED) is 0.732. The Morgan fingerprint density at radius 1 is 1.08 bits per heavy atom. The Bertz CT molecular complexity index is 639. The molecule has 2 saturated carbocycles. The van der Waals surface area contributed by atoms with Gasteiger partial charge in [-0.1, -0.05) is 24.6 Å². The maximum absolute atomic E-state index is 13.3. The molecule has 128 valence electrons. The minimum Gasteiger partial charge on any atom is -0.312 e. The van der Waals surface area contributed by atoms with E-state index in [1.165, 1.54) is 42.0 Å². The molecule has 2 atom stereocenters. The lowest BCUT2D eigenvalue weighted by Gasteiger charge is -2.52. The standard InChI is InChI=1S/C20H25NOS2/c22-19(21-9-8-14-4-1-2-7-18(14)21)15-12-16-5-3-6-17(13-15)20(16)23-10-11-24-20/h1-2,4,7,15-17H,3,5-6,8-13H2. The fourth-order valence-corrected chi connectivity index (χ4v) is 9.54. The summed E-state index contributed by atoms with van der Waals surface area (Å²) >= 11 is 4.46. The molecular weight excluding hydrogens is 334 g/mol. The van der Waals surface area contributed by atoms with Gasteiger partial charge in [0, 0.05) is 29.7 Å². The van der Waals surface area contributed by atoms with Crippen LogP contribution in [0.25, 0.3) is 0 Å². The molecule has 24 heavy (non-hydrogen) atoms. The van der Waals surface area contributed by atoms with Gasteiger partial charge >= 0.3 is 0 Å². The Hall–Kier alpha value is -0.610. The van der Waals surface area contributed by atoms with Crippen molar-refractivity contribution in [1.29, 1.82) is 0 Å². The zero-order valence-corrected chi connectivity index (χ0v) is 15.7. The highest BCUT2D eigenvalue weighted by molar-refractivity contribution is 8.21. The number of amides is 1. The van der Waals surface area contributed by atoms with E-state index in [0.29, 0.717) is 9.99 Å². The van der Waals surface area contributed by atoms with Crippen LogP contribution in [0.15, 0.2) is 24.3 Å². The fraction of sp³-hybridized carbons (Fsp3) is 0.650. The SMILES string of the molecule is O=C(C1CC2CCCC(C1)C21SCCS1)N1CCc2ccccc21. The molecule has 2 unspecified atom stereocenters. The van der Waals surface area contributed by atoms with Crippen LogP contribution in [0.1, 0.15) is 37.7 Å². The molecule has 3 fully saturated rings. The molecule has 0 aromatic heterocycles. The summed E-state index contributed by atoms with van der Waals surface area (Å²) in [6.07, 6.45) is 7.36. The Kier molecular flexibility index (Phi) is 3.89. The molecule has 2 aliphatic carbocycles. The highest BCUT2D eigenvalue weighted by atomic mass is 32.2. The zero-order chi connectivity index (χ0) is 16.1. The van der Waals surface area contributed by atoms with Gasteiger partial charge in [-0.05, 0) is 55.6 Å². The maximum atomic E-state index is 13.3. The lowest BCUT2D eigenvalue weighted by molar-refractivity contribution is -0.124. The normalized spacial score (nSPS) is 33.7. The molecule has 1 saturated heterocycles. The van der Waals surface area contributed by atoms with Crippen molar-refractivity contribution >= 4 is 35.1 Å². The van der Waals surface area contributed by atoms with E-state index in [2.05, 4.69) is 52.7 Å². The summed E-state index contributed by atoms with van der Waals surface area (Å²) in [5, 5.41) is 0. The molecule has 1 spiro atoms. The first-order valence-electron chi connectivity index (χ1n) is 9.45. The van der Waals surface area contributed by atoms with Crippen molar-refractivity contribution in [3.8, 4) is 0 Å². The molecule has 0 N–H and O–H groups in total. The van der Waals surface area contributed by atoms with Gasteiger partial charge in [0.05, 0.1) is 4.08 Å². The maximum Gasteiger partial charge on any atom is 0.230 e. The van der Waals surface area contributed by atoms with Crippen LogP contribution in [0, 0.1) is 17.8 Å². The summed E-state index contributed by atoms with van der Waals surface area (Å²) < 4.78 is 0.470. The number of carbonyl (C=O) groups is 1. The first-order chi connectivity index (χ1) is 11.8. The van der Waals surface area contributed by atoms with Gasteiger partial charge in [-0.2, -0.15) is 0 Å². The monoisotopic (exact) mass is 359 g/mol. The first-order valence-corrected chi connectivity index (χ1v) is 11.4. The van der Waals surface area contributed by atoms with Crippen molar-refractivity contribution in [2.24, 2.45) is 17.8 Å². The average molecular weight is 360 g/mol. The summed E-state index contributed by atoms with van der Waals surface area (Å²) in [6.45, 7) is 0.888. The van der Waals surface area contributed by atoms with Crippen molar-refractivity contribution in [2.45, 2.75) is 42.6 Å². The minimum atomic E-state index is 0.263. The summed E-state index contributed by atoms with van der Waals surface area (Å²) in [7, 11) is 0. The van der Waals surface area contributed by atoms with Crippen LogP contribution in [-0.2, 0) is 11.2 Å². The Balaban J connectivity index is 1.38. The van der Waals surface area contributed by atoms with Crippen LogP contribution in [0.3, 0.4) is 0 Å². The third-order valence-corrected chi connectivity index (χ3v) is 10.6. The van der Waals surface area contributed by atoms with Crippen LogP contribution in [-0.4, -0.2) is 28.0 Å². The predicted octanol–water partition coefficient (Wildman–Crippen LogP) is 4.58. The Labute approximate surface area is 153 Å². The third kappa shape index (κ3) is 2.28. The van der Waals surface area contributed by atoms with Gasteiger partial charge in [0.25, 0.3) is 0 Å². The average Bonchev–Trinajstić information content (AvgIpc) is 3.22. The van der Waals surface area contributed by atoms with Gasteiger partial charge in [-0.3, -0.25) is 4.79 Å². The van der Waals surface area contributed by atoms with E-state index in [4.69, 9.17) is 0 Å². The molecule has 4 heteroatoms. The van der Waals surface area contributed by atoms with Crippen molar-refractivity contribution in [3.05, 3.63) is 29.8 Å². The van der Waals surface area contributed by atoms with Crippen molar-refractivity contribution in [1.82, 2.24) is 0 Å². The number of anilines is 1. The summed E-state index contributed by atoms with van der Waals surface area (Å²) in [5.74, 6) is 4.83. The zero-order valence-electron chi connectivity index (χ0n) is 14.1. The number of hydrogen-bond acceptors (Lipinski definition) is 3. The van der Waals surface area contributed by atoms with Gasteiger partial charge in [-0.25, -0.2) is 0 Å². The molecule has 2 aliphatic heterocycles.